The first-order chi connectivity index (χ1) is 9.54. The fourth-order valence-electron chi connectivity index (χ4n) is 1.82. The third-order valence-corrected chi connectivity index (χ3v) is 2.97. The standard InChI is InChI=1S/C12H15NO7/c14-5-7-8(15)9(16)10(17)12(19-7)20-11(18)6-2-1-3-13-4-6/h1-4,7-10,12,14-17H,5H2/t7-,8-,9+,10-,12+/m1/s1. The van der Waals surface area contributed by atoms with Gasteiger partial charge in [0.2, 0.25) is 6.29 Å². The van der Waals surface area contributed by atoms with E-state index in [0.29, 0.717) is 0 Å². The fraction of sp³-hybridized carbons (Fsp3) is 0.500. The van der Waals surface area contributed by atoms with E-state index in [0.717, 1.165) is 0 Å². The highest BCUT2D eigenvalue weighted by atomic mass is 16.7. The number of ether oxygens (including phenoxy) is 2. The molecule has 110 valence electrons. The molecule has 0 unspecified atom stereocenters. The number of carbonyl (C=O) groups is 1. The number of pyridine rings is 1. The van der Waals surface area contributed by atoms with Gasteiger partial charge >= 0.3 is 5.97 Å². The largest absolute Gasteiger partial charge is 0.429 e. The van der Waals surface area contributed by atoms with Gasteiger partial charge in [-0.25, -0.2) is 4.79 Å². The van der Waals surface area contributed by atoms with Crippen molar-refractivity contribution in [2.45, 2.75) is 30.7 Å². The summed E-state index contributed by atoms with van der Waals surface area (Å²) in [5, 5.41) is 37.9. The molecule has 0 radical (unpaired) electrons. The molecule has 8 heteroatoms. The topological polar surface area (TPSA) is 129 Å². The van der Waals surface area contributed by atoms with Crippen molar-refractivity contribution in [2.24, 2.45) is 0 Å². The highest BCUT2D eigenvalue weighted by Gasteiger charge is 2.45. The first-order valence-corrected chi connectivity index (χ1v) is 5.96. The van der Waals surface area contributed by atoms with Crippen LogP contribution in [0.25, 0.3) is 0 Å². The summed E-state index contributed by atoms with van der Waals surface area (Å²) in [7, 11) is 0. The highest BCUT2D eigenvalue weighted by Crippen LogP contribution is 2.22. The van der Waals surface area contributed by atoms with Crippen LogP contribution in [0, 0.1) is 0 Å². The van der Waals surface area contributed by atoms with Gasteiger partial charge in [0.25, 0.3) is 0 Å². The second-order valence-electron chi connectivity index (χ2n) is 4.34. The Morgan fingerprint density at radius 2 is 2.05 bits per heavy atom. The quantitative estimate of drug-likeness (QED) is 0.471. The Kier molecular flexibility index (Phi) is 4.63. The van der Waals surface area contributed by atoms with Crippen LogP contribution in [-0.2, 0) is 9.47 Å². The number of carbonyl (C=O) groups excluding carboxylic acids is 1. The lowest BCUT2D eigenvalue weighted by Gasteiger charge is -2.39. The van der Waals surface area contributed by atoms with Crippen LogP contribution in [0.3, 0.4) is 0 Å². The third-order valence-electron chi connectivity index (χ3n) is 2.97. The van der Waals surface area contributed by atoms with Gasteiger partial charge in [-0.15, -0.1) is 0 Å². The van der Waals surface area contributed by atoms with E-state index in [-0.39, 0.29) is 5.56 Å². The Balaban J connectivity index is 2.06. The van der Waals surface area contributed by atoms with Crippen LogP contribution in [0.1, 0.15) is 10.4 Å². The molecule has 0 bridgehead atoms. The average molecular weight is 285 g/mol. The number of aromatic nitrogens is 1. The lowest BCUT2D eigenvalue weighted by Crippen LogP contribution is -2.59. The maximum absolute atomic E-state index is 11.8. The number of hydrogen-bond acceptors (Lipinski definition) is 8. The molecule has 1 aromatic rings. The molecular formula is C12H15NO7. The SMILES string of the molecule is O=C(O[C@@H]1O[C@H](CO)[C@@H](O)[C@H](O)[C@H]1O)c1cccnc1. The zero-order valence-corrected chi connectivity index (χ0v) is 10.4. The van der Waals surface area contributed by atoms with Gasteiger partial charge in [-0.05, 0) is 12.1 Å². The van der Waals surface area contributed by atoms with E-state index in [9.17, 15) is 20.1 Å². The van der Waals surface area contributed by atoms with Crippen LogP contribution in [0.5, 0.6) is 0 Å². The molecule has 0 spiro atoms. The Labute approximate surface area is 114 Å². The molecule has 2 rings (SSSR count). The van der Waals surface area contributed by atoms with Gasteiger partial charge < -0.3 is 29.9 Å². The predicted octanol–water partition coefficient (Wildman–Crippen LogP) is -1.96. The van der Waals surface area contributed by atoms with E-state index < -0.39 is 43.3 Å². The summed E-state index contributed by atoms with van der Waals surface area (Å²) >= 11 is 0. The number of esters is 1. The summed E-state index contributed by atoms with van der Waals surface area (Å²) in [6, 6.07) is 2.99. The fourth-order valence-corrected chi connectivity index (χ4v) is 1.82. The predicted molar refractivity (Wildman–Crippen MR) is 63.4 cm³/mol. The first-order valence-electron chi connectivity index (χ1n) is 5.96. The maximum Gasteiger partial charge on any atom is 0.342 e. The molecule has 20 heavy (non-hydrogen) atoms. The molecule has 0 aromatic carbocycles. The van der Waals surface area contributed by atoms with Crippen molar-refractivity contribution in [1.82, 2.24) is 4.98 Å². The smallest absolute Gasteiger partial charge is 0.342 e. The van der Waals surface area contributed by atoms with Crippen molar-refractivity contribution >= 4 is 5.97 Å². The van der Waals surface area contributed by atoms with Crippen LogP contribution in [0.4, 0.5) is 0 Å². The summed E-state index contributed by atoms with van der Waals surface area (Å²) in [6.07, 6.45) is -4.57. The molecule has 8 nitrogen and oxygen atoms in total. The summed E-state index contributed by atoms with van der Waals surface area (Å²) in [5.41, 5.74) is 0.143. The van der Waals surface area contributed by atoms with Gasteiger partial charge in [0.05, 0.1) is 12.2 Å². The molecule has 1 aliphatic heterocycles. The molecule has 5 atom stereocenters. The summed E-state index contributed by atoms with van der Waals surface area (Å²) < 4.78 is 9.96. The van der Waals surface area contributed by atoms with Crippen molar-refractivity contribution < 1.29 is 34.7 Å². The van der Waals surface area contributed by atoms with Gasteiger partial charge in [0, 0.05) is 12.4 Å². The van der Waals surface area contributed by atoms with Gasteiger partial charge in [-0.1, -0.05) is 0 Å². The lowest BCUT2D eigenvalue weighted by atomic mass is 9.99. The minimum Gasteiger partial charge on any atom is -0.429 e. The summed E-state index contributed by atoms with van der Waals surface area (Å²) in [6.45, 7) is -0.591. The normalized spacial score (nSPS) is 33.7. The van der Waals surface area contributed by atoms with Crippen molar-refractivity contribution in [3.05, 3.63) is 30.1 Å². The molecule has 4 N–H and O–H groups in total. The molecule has 0 saturated carbocycles. The first kappa shape index (κ1) is 14.8. The Morgan fingerprint density at radius 3 is 2.65 bits per heavy atom. The van der Waals surface area contributed by atoms with E-state index >= 15 is 0 Å². The van der Waals surface area contributed by atoms with Crippen LogP contribution in [-0.4, -0.2) is 68.7 Å². The van der Waals surface area contributed by atoms with E-state index in [1.54, 1.807) is 0 Å². The number of rotatable bonds is 3. The second-order valence-corrected chi connectivity index (χ2v) is 4.34. The van der Waals surface area contributed by atoms with Gasteiger partial charge in [0.1, 0.15) is 24.4 Å². The summed E-state index contributed by atoms with van der Waals surface area (Å²) in [4.78, 5) is 15.5. The zero-order valence-electron chi connectivity index (χ0n) is 10.4. The Hall–Kier alpha value is -1.58. The van der Waals surface area contributed by atoms with Crippen molar-refractivity contribution in [1.29, 1.82) is 0 Å². The summed E-state index contributed by atoms with van der Waals surface area (Å²) in [5.74, 6) is -0.803. The third kappa shape index (κ3) is 2.94. The molecule has 1 aromatic heterocycles. The second kappa shape index (κ2) is 6.25. The van der Waals surface area contributed by atoms with Crippen molar-refractivity contribution in [3.63, 3.8) is 0 Å². The molecule has 0 aliphatic carbocycles. The van der Waals surface area contributed by atoms with Crippen molar-refractivity contribution in [2.75, 3.05) is 6.61 Å². The number of aliphatic hydroxyl groups is 4. The van der Waals surface area contributed by atoms with E-state index in [1.165, 1.54) is 24.5 Å². The number of aliphatic hydroxyl groups excluding tert-OH is 4. The molecule has 2 heterocycles. The van der Waals surface area contributed by atoms with E-state index in [4.69, 9.17) is 14.6 Å². The molecule has 1 fully saturated rings. The van der Waals surface area contributed by atoms with Crippen LogP contribution in [0.2, 0.25) is 0 Å². The minimum absolute atomic E-state index is 0.143. The van der Waals surface area contributed by atoms with E-state index in [1.807, 2.05) is 0 Å². The van der Waals surface area contributed by atoms with Crippen molar-refractivity contribution in [3.8, 4) is 0 Å². The number of hydrogen-bond donors (Lipinski definition) is 4. The molecule has 0 amide bonds. The number of nitrogens with zero attached hydrogens (tertiary/aromatic N) is 1. The van der Waals surface area contributed by atoms with Crippen LogP contribution in [0.15, 0.2) is 24.5 Å². The van der Waals surface area contributed by atoms with Gasteiger partial charge in [-0.2, -0.15) is 0 Å². The monoisotopic (exact) mass is 285 g/mol. The van der Waals surface area contributed by atoms with Gasteiger partial charge in [0.15, 0.2) is 0 Å². The van der Waals surface area contributed by atoms with Gasteiger partial charge in [-0.3, -0.25) is 4.98 Å². The molecule has 1 aliphatic rings. The van der Waals surface area contributed by atoms with Crippen LogP contribution < -0.4 is 0 Å². The Morgan fingerprint density at radius 1 is 1.30 bits per heavy atom. The van der Waals surface area contributed by atoms with Crippen LogP contribution >= 0.6 is 0 Å². The zero-order chi connectivity index (χ0) is 14.7. The minimum atomic E-state index is -1.62. The molecule has 1 saturated heterocycles. The molecular weight excluding hydrogens is 270 g/mol. The average Bonchev–Trinajstić information content (AvgIpc) is 2.48. The highest BCUT2D eigenvalue weighted by molar-refractivity contribution is 5.89. The maximum atomic E-state index is 11.8. The lowest BCUT2D eigenvalue weighted by molar-refractivity contribution is -0.285. The Bertz CT molecular complexity index is 452. The van der Waals surface area contributed by atoms with E-state index in [2.05, 4.69) is 4.98 Å².